The van der Waals surface area contributed by atoms with Crippen LogP contribution in [0.4, 0.5) is 17.5 Å². The van der Waals surface area contributed by atoms with Crippen molar-refractivity contribution in [3.63, 3.8) is 0 Å². The molecule has 0 aliphatic carbocycles. The third-order valence-corrected chi connectivity index (χ3v) is 4.19. The number of nitrogens with two attached hydrogens (primary N) is 1. The molecule has 0 amide bonds. The Labute approximate surface area is 106 Å². The molecule has 2 rings (SSSR count). The summed E-state index contributed by atoms with van der Waals surface area (Å²) in [5.41, 5.74) is 6.08. The second-order valence-corrected chi connectivity index (χ2v) is 6.88. The first-order valence-electron chi connectivity index (χ1n) is 4.97. The quantitative estimate of drug-likeness (QED) is 0.557. The zero-order chi connectivity index (χ0) is 13.2. The van der Waals surface area contributed by atoms with Gasteiger partial charge in [-0.05, 0) is 0 Å². The number of nitrogens with one attached hydrogen (secondary N) is 1. The summed E-state index contributed by atoms with van der Waals surface area (Å²) in [6, 6.07) is 7.53. The van der Waals surface area contributed by atoms with Gasteiger partial charge in [0, 0.05) is 0 Å². The van der Waals surface area contributed by atoms with Gasteiger partial charge >= 0.3 is 105 Å². The first-order chi connectivity index (χ1) is 8.45. The molecule has 0 saturated carbocycles. The molecule has 7 nitrogen and oxygen atoms in total. The van der Waals surface area contributed by atoms with Crippen LogP contribution >= 0.6 is 0 Å². The summed E-state index contributed by atoms with van der Waals surface area (Å²) in [7, 11) is 0. The fraction of sp³-hybridized carbons (Fsp3) is 0. The fourth-order valence-corrected chi connectivity index (χ4v) is 2.46. The molecule has 94 valence electrons. The Bertz CT molecular complexity index is 596. The molecule has 1 heterocycles. The molecule has 0 spiro atoms. The molecule has 8 heteroatoms. The van der Waals surface area contributed by atoms with E-state index in [1.54, 1.807) is 18.2 Å². The summed E-state index contributed by atoms with van der Waals surface area (Å²) in [4.78, 5) is 7.70. The van der Waals surface area contributed by atoms with E-state index in [1.165, 1.54) is 18.3 Å². The van der Waals surface area contributed by atoms with Crippen molar-refractivity contribution in [3.05, 3.63) is 36.5 Å². The monoisotopic (exact) mass is 310 g/mol. The Morgan fingerprint density at radius 2 is 1.83 bits per heavy atom. The zero-order valence-electron chi connectivity index (χ0n) is 9.19. The van der Waals surface area contributed by atoms with Crippen molar-refractivity contribution in [1.82, 2.24) is 9.97 Å². The third kappa shape index (κ3) is 3.10. The standard InChI is InChI=1S/C10H11AsN4O3/c12-10-13-6-5-9(15-10)14-8-3-1-7(2-4-8)11(16,17)18/h1-6H,(H2,16,17,18)(H3,12,13,14,15). The van der Waals surface area contributed by atoms with Crippen LogP contribution in [0.5, 0.6) is 0 Å². The molecule has 5 N–H and O–H groups in total. The van der Waals surface area contributed by atoms with Crippen LogP contribution in [0.2, 0.25) is 0 Å². The summed E-state index contributed by atoms with van der Waals surface area (Å²) >= 11 is -4.81. The van der Waals surface area contributed by atoms with Gasteiger partial charge in [-0.15, -0.1) is 0 Å². The summed E-state index contributed by atoms with van der Waals surface area (Å²) in [5.74, 6) is 0.659. The predicted octanol–water partition coefficient (Wildman–Crippen LogP) is -0.637. The van der Waals surface area contributed by atoms with Crippen molar-refractivity contribution < 1.29 is 11.9 Å². The van der Waals surface area contributed by atoms with Crippen LogP contribution in [-0.2, 0) is 3.74 Å². The predicted molar refractivity (Wildman–Crippen MR) is 66.7 cm³/mol. The van der Waals surface area contributed by atoms with Crippen molar-refractivity contribution in [2.45, 2.75) is 0 Å². The van der Waals surface area contributed by atoms with E-state index in [0.29, 0.717) is 11.5 Å². The number of nitrogen functional groups attached to an aromatic ring is 1. The van der Waals surface area contributed by atoms with Crippen LogP contribution in [0.3, 0.4) is 0 Å². The van der Waals surface area contributed by atoms with E-state index in [0.717, 1.165) is 0 Å². The molecule has 0 unspecified atom stereocenters. The van der Waals surface area contributed by atoms with E-state index in [2.05, 4.69) is 15.3 Å². The molecule has 0 radical (unpaired) electrons. The number of aromatic nitrogens is 2. The van der Waals surface area contributed by atoms with Crippen LogP contribution in [0.15, 0.2) is 36.5 Å². The molecular weight excluding hydrogens is 299 g/mol. The summed E-state index contributed by atoms with van der Waals surface area (Å²) in [6.45, 7) is 0. The molecule has 0 aliphatic rings. The first-order valence-corrected chi connectivity index (χ1v) is 8.35. The molecule has 1 aromatic heterocycles. The second-order valence-electron chi connectivity index (χ2n) is 3.52. The van der Waals surface area contributed by atoms with Crippen molar-refractivity contribution in [2.24, 2.45) is 0 Å². The molecular formula is C10H11AsN4O3. The van der Waals surface area contributed by atoms with Crippen LogP contribution < -0.4 is 15.4 Å². The van der Waals surface area contributed by atoms with Gasteiger partial charge in [-0.1, -0.05) is 0 Å². The minimum atomic E-state index is -4.81. The van der Waals surface area contributed by atoms with Gasteiger partial charge in [0.1, 0.15) is 0 Å². The van der Waals surface area contributed by atoms with E-state index in [1.807, 2.05) is 0 Å². The van der Waals surface area contributed by atoms with E-state index in [-0.39, 0.29) is 10.3 Å². The Hall–Kier alpha value is -1.82. The number of nitrogens with zero attached hydrogens (tertiary/aromatic N) is 2. The summed E-state index contributed by atoms with van der Waals surface area (Å²) in [6.07, 6.45) is 1.51. The Kier molecular flexibility index (Phi) is 3.38. The maximum absolute atomic E-state index is 11.0. The van der Waals surface area contributed by atoms with Crippen molar-refractivity contribution in [3.8, 4) is 0 Å². The van der Waals surface area contributed by atoms with Gasteiger partial charge in [-0.2, -0.15) is 0 Å². The maximum atomic E-state index is 11.0. The average molecular weight is 310 g/mol. The minimum absolute atomic E-state index is 0.0286. The fourth-order valence-electron chi connectivity index (χ4n) is 1.33. The molecule has 0 saturated heterocycles. The van der Waals surface area contributed by atoms with Gasteiger partial charge in [0.15, 0.2) is 0 Å². The van der Waals surface area contributed by atoms with Crippen LogP contribution in [0, 0.1) is 0 Å². The number of hydrogen-bond donors (Lipinski definition) is 4. The molecule has 0 fully saturated rings. The molecule has 18 heavy (non-hydrogen) atoms. The Balaban J connectivity index is 2.19. The van der Waals surface area contributed by atoms with Crippen LogP contribution in [-0.4, -0.2) is 32.3 Å². The topological polar surface area (TPSA) is 121 Å². The van der Waals surface area contributed by atoms with E-state index in [9.17, 15) is 3.74 Å². The third-order valence-electron chi connectivity index (χ3n) is 2.15. The molecule has 1 aromatic carbocycles. The van der Waals surface area contributed by atoms with Crippen LogP contribution in [0.1, 0.15) is 0 Å². The molecule has 0 aliphatic heterocycles. The van der Waals surface area contributed by atoms with E-state index in [4.69, 9.17) is 13.9 Å². The number of anilines is 3. The van der Waals surface area contributed by atoms with Crippen molar-refractivity contribution in [1.29, 1.82) is 0 Å². The normalized spacial score (nSPS) is 11.2. The summed E-state index contributed by atoms with van der Waals surface area (Å²) < 4.78 is 29.1. The molecule has 0 atom stereocenters. The average Bonchev–Trinajstić information content (AvgIpc) is 2.28. The van der Waals surface area contributed by atoms with Gasteiger partial charge in [-0.25, -0.2) is 0 Å². The van der Waals surface area contributed by atoms with Crippen LogP contribution in [0.25, 0.3) is 0 Å². The van der Waals surface area contributed by atoms with Gasteiger partial charge in [-0.3, -0.25) is 0 Å². The summed E-state index contributed by atoms with van der Waals surface area (Å²) in [5, 5.41) is 2.95. The Morgan fingerprint density at radius 1 is 1.17 bits per heavy atom. The van der Waals surface area contributed by atoms with Gasteiger partial charge in [0.2, 0.25) is 0 Å². The number of hydrogen-bond acceptors (Lipinski definition) is 5. The van der Waals surface area contributed by atoms with Gasteiger partial charge < -0.3 is 0 Å². The van der Waals surface area contributed by atoms with E-state index < -0.39 is 14.2 Å². The Morgan fingerprint density at radius 3 is 2.39 bits per heavy atom. The van der Waals surface area contributed by atoms with Crippen molar-refractivity contribution in [2.75, 3.05) is 11.1 Å². The zero-order valence-corrected chi connectivity index (χ0v) is 11.1. The van der Waals surface area contributed by atoms with Gasteiger partial charge in [0.25, 0.3) is 0 Å². The number of benzene rings is 1. The van der Waals surface area contributed by atoms with E-state index >= 15 is 0 Å². The van der Waals surface area contributed by atoms with Gasteiger partial charge in [0.05, 0.1) is 0 Å². The van der Waals surface area contributed by atoms with Crippen molar-refractivity contribution >= 4 is 36.0 Å². The molecule has 2 aromatic rings. The first kappa shape index (κ1) is 12.6. The number of rotatable bonds is 3. The molecule has 0 bridgehead atoms. The SMILES string of the molecule is Nc1nccc(Nc2ccc([As](=O)(O)O)cc2)n1. The second kappa shape index (κ2) is 4.81.